The average Bonchev–Trinajstić information content (AvgIpc) is 2.70. The van der Waals surface area contributed by atoms with Crippen molar-refractivity contribution in [2.45, 2.75) is 13.0 Å². The highest BCUT2D eigenvalue weighted by Crippen LogP contribution is 2.28. The van der Waals surface area contributed by atoms with Gasteiger partial charge in [-0.05, 0) is 55.5 Å². The Morgan fingerprint density at radius 2 is 1.79 bits per heavy atom. The summed E-state index contributed by atoms with van der Waals surface area (Å²) in [7, 11) is 1.58. The lowest BCUT2D eigenvalue weighted by molar-refractivity contribution is -0.122. The van der Waals surface area contributed by atoms with Crippen LogP contribution in [-0.2, 0) is 4.79 Å². The minimum atomic E-state index is -0.851. The maximum absolute atomic E-state index is 13.3. The number of amides is 1. The van der Waals surface area contributed by atoms with Gasteiger partial charge in [0.2, 0.25) is 5.88 Å². The van der Waals surface area contributed by atoms with Gasteiger partial charge in [-0.3, -0.25) is 4.79 Å². The van der Waals surface area contributed by atoms with E-state index < -0.39 is 17.8 Å². The standard InChI is InChI=1S/C21H19FN2O4/c1-14(27-18-6-3-5-15(22)13-18)20(25)24-19-7-4-12-23-21(19)28-17-10-8-16(26-2)9-11-17/h3-14H,1-2H3,(H,24,25). The monoisotopic (exact) mass is 382 g/mol. The highest BCUT2D eigenvalue weighted by atomic mass is 19.1. The number of hydrogen-bond acceptors (Lipinski definition) is 5. The summed E-state index contributed by atoms with van der Waals surface area (Å²) in [5.41, 5.74) is 0.387. The molecule has 0 aliphatic rings. The second-order valence-electron chi connectivity index (χ2n) is 5.84. The van der Waals surface area contributed by atoms with Crippen molar-refractivity contribution in [2.75, 3.05) is 12.4 Å². The fourth-order valence-electron chi connectivity index (χ4n) is 2.35. The molecule has 0 bridgehead atoms. The van der Waals surface area contributed by atoms with E-state index in [4.69, 9.17) is 14.2 Å². The van der Waals surface area contributed by atoms with Gasteiger partial charge in [-0.2, -0.15) is 0 Å². The van der Waals surface area contributed by atoms with E-state index in [0.29, 0.717) is 17.2 Å². The van der Waals surface area contributed by atoms with E-state index in [-0.39, 0.29) is 11.6 Å². The van der Waals surface area contributed by atoms with E-state index in [1.54, 1.807) is 62.7 Å². The SMILES string of the molecule is COc1ccc(Oc2ncccc2NC(=O)C(C)Oc2cccc(F)c2)cc1. The number of rotatable bonds is 7. The van der Waals surface area contributed by atoms with Crippen molar-refractivity contribution in [1.82, 2.24) is 4.98 Å². The fraction of sp³-hybridized carbons (Fsp3) is 0.143. The van der Waals surface area contributed by atoms with Crippen molar-refractivity contribution < 1.29 is 23.4 Å². The topological polar surface area (TPSA) is 69.7 Å². The van der Waals surface area contributed by atoms with Gasteiger partial charge in [-0.25, -0.2) is 9.37 Å². The molecule has 1 aromatic heterocycles. The molecule has 0 aliphatic heterocycles. The smallest absolute Gasteiger partial charge is 0.265 e. The van der Waals surface area contributed by atoms with Gasteiger partial charge < -0.3 is 19.5 Å². The summed E-state index contributed by atoms with van der Waals surface area (Å²) < 4.78 is 29.6. The molecule has 0 saturated carbocycles. The van der Waals surface area contributed by atoms with Gasteiger partial charge in [0.15, 0.2) is 6.10 Å². The van der Waals surface area contributed by atoms with Crippen molar-refractivity contribution >= 4 is 11.6 Å². The average molecular weight is 382 g/mol. The molecule has 2 aromatic carbocycles. The Balaban J connectivity index is 1.68. The molecular formula is C21H19FN2O4. The number of benzene rings is 2. The number of halogens is 1. The van der Waals surface area contributed by atoms with E-state index in [0.717, 1.165) is 0 Å². The van der Waals surface area contributed by atoms with Crippen LogP contribution in [0.4, 0.5) is 10.1 Å². The molecule has 7 heteroatoms. The summed E-state index contributed by atoms with van der Waals surface area (Å²) in [6.45, 7) is 1.57. The predicted molar refractivity (Wildman–Crippen MR) is 102 cm³/mol. The highest BCUT2D eigenvalue weighted by Gasteiger charge is 2.18. The van der Waals surface area contributed by atoms with Gasteiger partial charge in [0.05, 0.1) is 7.11 Å². The van der Waals surface area contributed by atoms with Gasteiger partial charge in [-0.15, -0.1) is 0 Å². The number of ether oxygens (including phenoxy) is 3. The number of aromatic nitrogens is 1. The van der Waals surface area contributed by atoms with E-state index in [1.165, 1.54) is 18.2 Å². The molecule has 6 nitrogen and oxygen atoms in total. The van der Waals surface area contributed by atoms with Gasteiger partial charge in [0.25, 0.3) is 5.91 Å². The predicted octanol–water partition coefficient (Wildman–Crippen LogP) is 4.43. The number of methoxy groups -OCH3 is 1. The number of anilines is 1. The van der Waals surface area contributed by atoms with Crippen molar-refractivity contribution in [1.29, 1.82) is 0 Å². The number of pyridine rings is 1. The first-order chi connectivity index (χ1) is 13.5. The molecule has 3 rings (SSSR count). The molecule has 0 radical (unpaired) electrons. The summed E-state index contributed by atoms with van der Waals surface area (Å²) in [6.07, 6.45) is 0.706. The summed E-state index contributed by atoms with van der Waals surface area (Å²) in [5, 5.41) is 2.72. The van der Waals surface area contributed by atoms with Crippen LogP contribution >= 0.6 is 0 Å². The van der Waals surface area contributed by atoms with Crippen LogP contribution in [-0.4, -0.2) is 24.1 Å². The Bertz CT molecular complexity index is 947. The van der Waals surface area contributed by atoms with E-state index in [9.17, 15) is 9.18 Å². The van der Waals surface area contributed by atoms with E-state index in [1.807, 2.05) is 0 Å². The van der Waals surface area contributed by atoms with Crippen LogP contribution in [0.15, 0.2) is 66.9 Å². The minimum absolute atomic E-state index is 0.235. The van der Waals surface area contributed by atoms with Crippen molar-refractivity contribution in [2.24, 2.45) is 0 Å². The second-order valence-corrected chi connectivity index (χ2v) is 5.84. The quantitative estimate of drug-likeness (QED) is 0.655. The molecule has 3 aromatic rings. The summed E-state index contributed by atoms with van der Waals surface area (Å²) in [6, 6.07) is 15.9. The number of hydrogen-bond donors (Lipinski definition) is 1. The molecule has 1 heterocycles. The molecule has 1 N–H and O–H groups in total. The zero-order valence-corrected chi connectivity index (χ0v) is 15.4. The molecule has 0 aliphatic carbocycles. The van der Waals surface area contributed by atoms with Crippen molar-refractivity contribution in [3.8, 4) is 23.1 Å². The third kappa shape index (κ3) is 4.97. The lowest BCUT2D eigenvalue weighted by Gasteiger charge is -2.16. The first kappa shape index (κ1) is 19.2. The van der Waals surface area contributed by atoms with Crippen LogP contribution in [0.1, 0.15) is 6.92 Å². The molecule has 0 fully saturated rings. The zero-order valence-electron chi connectivity index (χ0n) is 15.4. The maximum Gasteiger partial charge on any atom is 0.265 e. The van der Waals surface area contributed by atoms with Crippen LogP contribution < -0.4 is 19.5 Å². The Morgan fingerprint density at radius 1 is 1.04 bits per heavy atom. The molecule has 144 valence electrons. The van der Waals surface area contributed by atoms with Crippen LogP contribution in [0.25, 0.3) is 0 Å². The van der Waals surface area contributed by atoms with Gasteiger partial charge >= 0.3 is 0 Å². The Morgan fingerprint density at radius 3 is 2.50 bits per heavy atom. The molecule has 28 heavy (non-hydrogen) atoms. The van der Waals surface area contributed by atoms with Crippen LogP contribution in [0.3, 0.4) is 0 Å². The largest absolute Gasteiger partial charge is 0.497 e. The van der Waals surface area contributed by atoms with Crippen molar-refractivity contribution in [3.05, 3.63) is 72.7 Å². The third-order valence-electron chi connectivity index (χ3n) is 3.78. The molecule has 1 amide bonds. The van der Waals surface area contributed by atoms with Crippen LogP contribution in [0.2, 0.25) is 0 Å². The lowest BCUT2D eigenvalue weighted by atomic mass is 10.3. The number of carbonyl (C=O) groups is 1. The zero-order chi connectivity index (χ0) is 19.9. The second kappa shape index (κ2) is 8.85. The normalized spacial score (nSPS) is 11.4. The van der Waals surface area contributed by atoms with Gasteiger partial charge in [0, 0.05) is 12.3 Å². The Hall–Kier alpha value is -3.61. The summed E-state index contributed by atoms with van der Waals surface area (Å²) >= 11 is 0. The summed E-state index contributed by atoms with van der Waals surface area (Å²) in [5.74, 6) is 0.885. The molecule has 0 spiro atoms. The molecule has 1 unspecified atom stereocenters. The number of nitrogens with zero attached hydrogens (tertiary/aromatic N) is 1. The highest BCUT2D eigenvalue weighted by molar-refractivity contribution is 5.95. The first-order valence-corrected chi connectivity index (χ1v) is 8.55. The van der Waals surface area contributed by atoms with E-state index in [2.05, 4.69) is 10.3 Å². The molecule has 1 atom stereocenters. The molecule has 0 saturated heterocycles. The van der Waals surface area contributed by atoms with Crippen LogP contribution in [0.5, 0.6) is 23.1 Å². The summed E-state index contributed by atoms with van der Waals surface area (Å²) in [4.78, 5) is 16.6. The lowest BCUT2D eigenvalue weighted by Crippen LogP contribution is -2.30. The number of carbonyl (C=O) groups excluding carboxylic acids is 1. The maximum atomic E-state index is 13.3. The third-order valence-corrected chi connectivity index (χ3v) is 3.78. The van der Waals surface area contributed by atoms with Crippen LogP contribution in [0, 0.1) is 5.82 Å². The Kier molecular flexibility index (Phi) is 6.06. The van der Waals surface area contributed by atoms with Gasteiger partial charge in [-0.1, -0.05) is 6.07 Å². The van der Waals surface area contributed by atoms with E-state index >= 15 is 0 Å². The van der Waals surface area contributed by atoms with Gasteiger partial charge in [0.1, 0.15) is 28.8 Å². The fourth-order valence-corrected chi connectivity index (χ4v) is 2.35. The molecular weight excluding hydrogens is 363 g/mol. The first-order valence-electron chi connectivity index (χ1n) is 8.55. The minimum Gasteiger partial charge on any atom is -0.497 e. The number of nitrogens with one attached hydrogen (secondary N) is 1. The van der Waals surface area contributed by atoms with Crippen molar-refractivity contribution in [3.63, 3.8) is 0 Å². The Labute approximate surface area is 161 Å².